The zero-order valence-corrected chi connectivity index (χ0v) is 20.1. The molecule has 0 radical (unpaired) electrons. The molecule has 0 heterocycles. The van der Waals surface area contributed by atoms with Gasteiger partial charge in [-0.25, -0.2) is 4.39 Å². The van der Waals surface area contributed by atoms with E-state index in [2.05, 4.69) is 23.3 Å². The Morgan fingerprint density at radius 1 is 0.714 bits per heavy atom. The summed E-state index contributed by atoms with van der Waals surface area (Å²) in [5, 5.41) is 5.41. The molecule has 0 spiro atoms. The molecular formula is C22H18F7N3S3. The Kier molecular flexibility index (Phi) is 8.65. The molecule has 35 heavy (non-hydrogen) atoms. The molecule has 188 valence electrons. The van der Waals surface area contributed by atoms with Crippen LogP contribution in [0.25, 0.3) is 0 Å². The third-order valence-electron chi connectivity index (χ3n) is 4.58. The van der Waals surface area contributed by atoms with E-state index in [0.717, 1.165) is 41.7 Å². The van der Waals surface area contributed by atoms with Gasteiger partial charge in [-0.3, -0.25) is 0 Å². The molecule has 0 aliphatic carbocycles. The van der Waals surface area contributed by atoms with Crippen molar-refractivity contribution in [1.29, 1.82) is 0 Å². The van der Waals surface area contributed by atoms with Crippen molar-refractivity contribution in [2.45, 2.75) is 27.0 Å². The third kappa shape index (κ3) is 7.55. The number of nitrogens with two attached hydrogens (primary N) is 1. The molecule has 0 bridgehead atoms. The third-order valence-corrected chi connectivity index (χ3v) is 6.61. The lowest BCUT2D eigenvalue weighted by molar-refractivity contribution is -0.137. The van der Waals surface area contributed by atoms with Crippen LogP contribution in [0.2, 0.25) is 0 Å². The Bertz CT molecular complexity index is 1180. The first-order valence-corrected chi connectivity index (χ1v) is 12.2. The Labute approximate surface area is 210 Å². The number of thioether (sulfide) groups is 2. The van der Waals surface area contributed by atoms with Crippen molar-refractivity contribution >= 4 is 53.2 Å². The minimum atomic E-state index is -4.67. The maximum atomic E-state index is 13.8. The van der Waals surface area contributed by atoms with Crippen LogP contribution in [0, 0.1) is 5.82 Å². The number of thiol groups is 1. The molecule has 3 nitrogen and oxygen atoms in total. The van der Waals surface area contributed by atoms with E-state index in [0.29, 0.717) is 9.79 Å². The molecule has 0 fully saturated rings. The number of halogens is 7. The number of nitrogen functional groups attached to an aromatic ring is 1. The Balaban J connectivity index is 1.66. The van der Waals surface area contributed by atoms with Crippen molar-refractivity contribution in [3.63, 3.8) is 0 Å². The maximum absolute atomic E-state index is 13.8. The van der Waals surface area contributed by atoms with Crippen LogP contribution >= 0.6 is 36.2 Å². The van der Waals surface area contributed by atoms with Crippen LogP contribution < -0.4 is 16.4 Å². The van der Waals surface area contributed by atoms with E-state index >= 15 is 0 Å². The molecule has 3 aromatic carbocycles. The second-order valence-electron chi connectivity index (χ2n) is 7.05. The lowest BCUT2D eigenvalue weighted by Crippen LogP contribution is -2.11. The number of hydrogen-bond donors (Lipinski definition) is 4. The average Bonchev–Trinajstić information content (AvgIpc) is 2.75. The number of anilines is 3. The summed E-state index contributed by atoms with van der Waals surface area (Å²) in [5.74, 6) is -0.533. The van der Waals surface area contributed by atoms with Gasteiger partial charge in [0.15, 0.2) is 0 Å². The van der Waals surface area contributed by atoms with Gasteiger partial charge in [0.05, 0.1) is 28.6 Å². The Hall–Kier alpha value is -2.38. The van der Waals surface area contributed by atoms with Gasteiger partial charge >= 0.3 is 12.4 Å². The number of benzene rings is 3. The molecule has 13 heteroatoms. The first-order chi connectivity index (χ1) is 16.3. The summed E-state index contributed by atoms with van der Waals surface area (Å²) in [6.07, 6.45) is -9.31. The molecule has 0 amide bonds. The van der Waals surface area contributed by atoms with Crippen LogP contribution in [-0.4, -0.2) is 11.8 Å². The van der Waals surface area contributed by atoms with Crippen molar-refractivity contribution in [1.82, 2.24) is 0 Å². The fraction of sp³-hybridized carbons (Fsp3) is 0.182. The van der Waals surface area contributed by atoms with Crippen molar-refractivity contribution in [3.05, 3.63) is 71.5 Å². The summed E-state index contributed by atoms with van der Waals surface area (Å²) in [7, 11) is 0. The lowest BCUT2D eigenvalue weighted by atomic mass is 10.1. The zero-order chi connectivity index (χ0) is 25.8. The maximum Gasteiger partial charge on any atom is 0.418 e. The van der Waals surface area contributed by atoms with Crippen molar-refractivity contribution < 1.29 is 30.7 Å². The smallest absolute Gasteiger partial charge is 0.398 e. The molecule has 3 aromatic rings. The normalized spacial score (nSPS) is 12.0. The van der Waals surface area contributed by atoms with E-state index in [4.69, 9.17) is 5.73 Å². The van der Waals surface area contributed by atoms with Crippen LogP contribution in [0.1, 0.15) is 11.1 Å². The highest BCUT2D eigenvalue weighted by atomic mass is 32.2. The molecule has 0 aliphatic rings. The molecule has 0 saturated carbocycles. The predicted molar refractivity (Wildman–Crippen MR) is 130 cm³/mol. The lowest BCUT2D eigenvalue weighted by Gasteiger charge is -2.16. The van der Waals surface area contributed by atoms with Crippen molar-refractivity contribution in [2.75, 3.05) is 28.1 Å². The number of alkyl halides is 6. The summed E-state index contributed by atoms with van der Waals surface area (Å²) in [4.78, 5) is 0.931. The van der Waals surface area contributed by atoms with E-state index in [1.165, 1.54) is 30.3 Å². The number of hydrogen-bond acceptors (Lipinski definition) is 6. The summed E-state index contributed by atoms with van der Waals surface area (Å²) < 4.78 is 93.7. The van der Waals surface area contributed by atoms with E-state index in [-0.39, 0.29) is 28.0 Å². The topological polar surface area (TPSA) is 50.1 Å². The van der Waals surface area contributed by atoms with E-state index in [9.17, 15) is 30.7 Å². The highest BCUT2D eigenvalue weighted by Gasteiger charge is 2.34. The predicted octanol–water partition coefficient (Wildman–Crippen LogP) is 8.06. The molecule has 0 atom stereocenters. The largest absolute Gasteiger partial charge is 0.418 e. The molecule has 4 N–H and O–H groups in total. The van der Waals surface area contributed by atoms with Crippen LogP contribution in [0.5, 0.6) is 0 Å². The number of rotatable bonds is 8. The Morgan fingerprint density at radius 3 is 1.80 bits per heavy atom. The van der Waals surface area contributed by atoms with Gasteiger partial charge in [-0.1, -0.05) is 0 Å². The first kappa shape index (κ1) is 27.2. The van der Waals surface area contributed by atoms with Crippen LogP contribution in [0.4, 0.5) is 47.8 Å². The highest BCUT2D eigenvalue weighted by molar-refractivity contribution is 7.99. The van der Waals surface area contributed by atoms with Crippen LogP contribution in [0.3, 0.4) is 0 Å². The number of nitrogens with one attached hydrogen (secondary N) is 2. The van der Waals surface area contributed by atoms with Gasteiger partial charge in [-0.15, -0.1) is 36.2 Å². The van der Waals surface area contributed by atoms with Crippen LogP contribution in [-0.2, 0) is 12.4 Å². The van der Waals surface area contributed by atoms with E-state index < -0.39 is 35.0 Å². The van der Waals surface area contributed by atoms with Gasteiger partial charge in [0.2, 0.25) is 0 Å². The Morgan fingerprint density at radius 2 is 1.23 bits per heavy atom. The van der Waals surface area contributed by atoms with Crippen molar-refractivity contribution in [2.24, 2.45) is 0 Å². The highest BCUT2D eigenvalue weighted by Crippen LogP contribution is 2.39. The minimum absolute atomic E-state index is 0.112. The van der Waals surface area contributed by atoms with Gasteiger partial charge in [0.1, 0.15) is 5.82 Å². The SMILES string of the molecule is Nc1ccc(SCNc2ccc(SCNc3ccc(S)cc3F)cc2C(F)(F)F)cc1C(F)(F)F. The van der Waals surface area contributed by atoms with Gasteiger partial charge in [-0.2, -0.15) is 26.3 Å². The fourth-order valence-electron chi connectivity index (χ4n) is 2.91. The second kappa shape index (κ2) is 11.1. The zero-order valence-electron chi connectivity index (χ0n) is 17.6. The average molecular weight is 554 g/mol. The van der Waals surface area contributed by atoms with Gasteiger partial charge in [0, 0.05) is 26.1 Å². The molecule has 0 saturated heterocycles. The molecular weight excluding hydrogens is 535 g/mol. The monoisotopic (exact) mass is 553 g/mol. The van der Waals surface area contributed by atoms with E-state index in [1.54, 1.807) is 6.07 Å². The molecule has 0 aromatic heterocycles. The van der Waals surface area contributed by atoms with E-state index in [1.807, 2.05) is 0 Å². The summed E-state index contributed by atoms with van der Waals surface area (Å²) >= 11 is 5.97. The second-order valence-corrected chi connectivity index (χ2v) is 9.66. The molecule has 0 aliphatic heterocycles. The first-order valence-electron chi connectivity index (χ1n) is 9.74. The standard InChI is InChI=1S/C22H18F7N3S3/c23-17-7-12(33)1-5-20(17)32-11-35-14-3-6-19(16(9-14)22(27,28)29)31-10-34-13-2-4-18(30)15(8-13)21(24,25)26/h1-9,31-33H,10-11,30H2. The van der Waals surface area contributed by atoms with Gasteiger partial charge < -0.3 is 16.4 Å². The van der Waals surface area contributed by atoms with Gasteiger partial charge in [0.25, 0.3) is 0 Å². The minimum Gasteiger partial charge on any atom is -0.398 e. The molecule has 3 rings (SSSR count). The fourth-order valence-corrected chi connectivity index (χ4v) is 4.62. The quantitative estimate of drug-likeness (QED) is 0.0748. The summed E-state index contributed by atoms with van der Waals surface area (Å²) in [6.45, 7) is 0. The van der Waals surface area contributed by atoms with Crippen LogP contribution in [0.15, 0.2) is 69.3 Å². The molecule has 0 unspecified atom stereocenters. The summed E-state index contributed by atoms with van der Waals surface area (Å²) in [5.41, 5.74) is 2.97. The van der Waals surface area contributed by atoms with Gasteiger partial charge in [-0.05, 0) is 54.6 Å². The van der Waals surface area contributed by atoms with Crippen molar-refractivity contribution in [3.8, 4) is 0 Å². The summed E-state index contributed by atoms with van der Waals surface area (Å²) in [6, 6.07) is 11.2.